The van der Waals surface area contributed by atoms with Gasteiger partial charge < -0.3 is 20.4 Å². The average molecular weight is 332 g/mol. The molecule has 8 nitrogen and oxygen atoms in total. The van der Waals surface area contributed by atoms with E-state index in [1.807, 2.05) is 0 Å². The second-order valence-corrected chi connectivity index (χ2v) is 4.35. The van der Waals surface area contributed by atoms with E-state index < -0.39 is 23.0 Å². The zero-order valence-electron chi connectivity index (χ0n) is 12.0. The molecule has 0 heterocycles. The molecule has 0 aliphatic rings. The van der Waals surface area contributed by atoms with Crippen molar-refractivity contribution in [2.24, 2.45) is 0 Å². The van der Waals surface area contributed by atoms with Crippen molar-refractivity contribution in [3.05, 3.63) is 46.5 Å². The summed E-state index contributed by atoms with van der Waals surface area (Å²) in [4.78, 5) is 40.9. The van der Waals surface area contributed by atoms with Crippen LogP contribution < -0.4 is 0 Å². The summed E-state index contributed by atoms with van der Waals surface area (Å²) in [6, 6.07) is 5.02. The third-order valence-electron chi connectivity index (χ3n) is 2.94. The minimum Gasteiger partial charge on any atom is -0.504 e. The molecule has 0 aliphatic heterocycles. The number of hydrogen-bond donors (Lipinski definition) is 4. The predicted molar refractivity (Wildman–Crippen MR) is 81.1 cm³/mol. The third kappa shape index (κ3) is 3.74. The highest BCUT2D eigenvalue weighted by atomic mass is 16.3. The zero-order valence-corrected chi connectivity index (χ0v) is 12.0. The Bertz CT molecular complexity index is 662. The molecule has 0 amide bonds. The molecule has 0 aromatic heterocycles. The van der Waals surface area contributed by atoms with E-state index >= 15 is 0 Å². The Hall–Kier alpha value is -3.68. The van der Waals surface area contributed by atoms with Gasteiger partial charge in [0.1, 0.15) is 0 Å². The van der Waals surface area contributed by atoms with Gasteiger partial charge in [0.2, 0.25) is 0 Å². The first kappa shape index (κ1) is 18.4. The van der Waals surface area contributed by atoms with E-state index in [0.717, 1.165) is 0 Å². The number of benzene rings is 2. The maximum Gasteiger partial charge on any atom is 0.168 e. The fraction of sp³-hybridized carbons (Fsp3) is 0. The highest BCUT2D eigenvalue weighted by molar-refractivity contribution is 5.88. The first-order chi connectivity index (χ1) is 11.4. The average Bonchev–Trinajstić information content (AvgIpc) is 2.60. The molecule has 2 aromatic rings. The van der Waals surface area contributed by atoms with E-state index in [1.54, 1.807) is 0 Å². The maximum absolute atomic E-state index is 10.2. The number of carbonyl (C=O) groups is 4. The van der Waals surface area contributed by atoms with E-state index in [1.165, 1.54) is 24.3 Å². The summed E-state index contributed by atoms with van der Waals surface area (Å²) < 4.78 is 0. The molecule has 24 heavy (non-hydrogen) atoms. The quantitative estimate of drug-likeness (QED) is 0.485. The number of phenolic OH excluding ortho intramolecular Hbond substituents is 4. The molecule has 0 radical (unpaired) electrons. The second kappa shape index (κ2) is 8.08. The van der Waals surface area contributed by atoms with Gasteiger partial charge in [-0.15, -0.1) is 0 Å². The van der Waals surface area contributed by atoms with E-state index in [-0.39, 0.29) is 22.3 Å². The van der Waals surface area contributed by atoms with Gasteiger partial charge in [-0.3, -0.25) is 19.2 Å². The lowest BCUT2D eigenvalue weighted by Gasteiger charge is -2.01. The highest BCUT2D eigenvalue weighted by Crippen LogP contribution is 2.31. The molecule has 2 rings (SSSR count). The summed E-state index contributed by atoms with van der Waals surface area (Å²) in [5, 5.41) is 36.3. The summed E-state index contributed by atoms with van der Waals surface area (Å²) in [6.07, 6.45) is 1.57. The minimum atomic E-state index is -0.561. The standard InChI is InChI=1S/2C8H6O4/c2*9-3-5-1-2-6(4-10)8(12)7(5)11/h2*1-4,11-12H. The van der Waals surface area contributed by atoms with Gasteiger partial charge in [-0.05, 0) is 24.3 Å². The Balaban J connectivity index is 0.000000240. The molecular formula is C16H12O8. The Morgan fingerprint density at radius 1 is 0.458 bits per heavy atom. The van der Waals surface area contributed by atoms with Crippen LogP contribution in [0.15, 0.2) is 24.3 Å². The molecule has 0 unspecified atom stereocenters. The van der Waals surface area contributed by atoms with Gasteiger partial charge in [0.25, 0.3) is 0 Å². The third-order valence-corrected chi connectivity index (χ3v) is 2.94. The lowest BCUT2D eigenvalue weighted by atomic mass is 10.1. The van der Waals surface area contributed by atoms with Crippen LogP contribution in [-0.4, -0.2) is 45.6 Å². The summed E-state index contributed by atoms with van der Waals surface area (Å²) in [5.74, 6) is -2.24. The van der Waals surface area contributed by atoms with E-state index in [0.29, 0.717) is 25.1 Å². The van der Waals surface area contributed by atoms with Gasteiger partial charge in [0.05, 0.1) is 22.3 Å². The van der Waals surface area contributed by atoms with Crippen LogP contribution in [0.4, 0.5) is 0 Å². The van der Waals surface area contributed by atoms with Crippen LogP contribution in [0.25, 0.3) is 0 Å². The molecule has 0 aliphatic carbocycles. The van der Waals surface area contributed by atoms with Crippen molar-refractivity contribution < 1.29 is 39.6 Å². The molecule has 8 heteroatoms. The number of hydrogen-bond acceptors (Lipinski definition) is 8. The smallest absolute Gasteiger partial charge is 0.168 e. The molecule has 0 spiro atoms. The molecule has 4 N–H and O–H groups in total. The molecule has 0 saturated heterocycles. The summed E-state index contributed by atoms with van der Waals surface area (Å²) in [5.41, 5.74) is -0.174. The van der Waals surface area contributed by atoms with Gasteiger partial charge in [-0.2, -0.15) is 0 Å². The first-order valence-corrected chi connectivity index (χ1v) is 6.31. The number of aldehydes is 4. The van der Waals surface area contributed by atoms with E-state index in [2.05, 4.69) is 0 Å². The Labute approximate surface area is 135 Å². The molecule has 2 aromatic carbocycles. The van der Waals surface area contributed by atoms with Crippen LogP contribution in [0.3, 0.4) is 0 Å². The van der Waals surface area contributed by atoms with Gasteiger partial charge in [-0.1, -0.05) is 0 Å². The first-order valence-electron chi connectivity index (χ1n) is 6.31. The highest BCUT2D eigenvalue weighted by Gasteiger charge is 2.10. The monoisotopic (exact) mass is 332 g/mol. The van der Waals surface area contributed by atoms with Crippen molar-refractivity contribution in [1.82, 2.24) is 0 Å². The number of rotatable bonds is 4. The molecule has 0 fully saturated rings. The van der Waals surface area contributed by atoms with Gasteiger partial charge in [0.15, 0.2) is 48.1 Å². The second-order valence-electron chi connectivity index (χ2n) is 4.35. The van der Waals surface area contributed by atoms with Crippen molar-refractivity contribution in [3.8, 4) is 23.0 Å². The summed E-state index contributed by atoms with van der Waals surface area (Å²) in [7, 11) is 0. The topological polar surface area (TPSA) is 149 Å². The van der Waals surface area contributed by atoms with Crippen LogP contribution in [0, 0.1) is 0 Å². The molecule has 0 bridgehead atoms. The Kier molecular flexibility index (Phi) is 6.19. The summed E-state index contributed by atoms with van der Waals surface area (Å²) >= 11 is 0. The molecule has 0 atom stereocenters. The fourth-order valence-corrected chi connectivity index (χ4v) is 1.60. The van der Waals surface area contributed by atoms with Crippen LogP contribution in [-0.2, 0) is 0 Å². The Morgan fingerprint density at radius 3 is 0.750 bits per heavy atom. The minimum absolute atomic E-state index is 0.0434. The molecular weight excluding hydrogens is 320 g/mol. The Morgan fingerprint density at radius 2 is 0.625 bits per heavy atom. The number of aromatic hydroxyl groups is 4. The van der Waals surface area contributed by atoms with E-state index in [4.69, 9.17) is 20.4 Å². The lowest BCUT2D eigenvalue weighted by molar-refractivity contribution is 0.110. The van der Waals surface area contributed by atoms with Crippen LogP contribution in [0.1, 0.15) is 41.4 Å². The predicted octanol–water partition coefficient (Wildman–Crippen LogP) is 1.45. The van der Waals surface area contributed by atoms with Crippen molar-refractivity contribution in [2.75, 3.05) is 0 Å². The molecule has 0 saturated carbocycles. The maximum atomic E-state index is 10.2. The normalized spacial score (nSPS) is 9.33. The van der Waals surface area contributed by atoms with Crippen LogP contribution in [0.5, 0.6) is 23.0 Å². The van der Waals surface area contributed by atoms with Crippen LogP contribution in [0.2, 0.25) is 0 Å². The van der Waals surface area contributed by atoms with Crippen LogP contribution >= 0.6 is 0 Å². The zero-order chi connectivity index (χ0) is 18.3. The number of carbonyl (C=O) groups excluding carboxylic acids is 4. The largest absolute Gasteiger partial charge is 0.504 e. The van der Waals surface area contributed by atoms with Gasteiger partial charge in [0, 0.05) is 0 Å². The van der Waals surface area contributed by atoms with Crippen molar-refractivity contribution in [2.45, 2.75) is 0 Å². The fourth-order valence-electron chi connectivity index (χ4n) is 1.60. The lowest BCUT2D eigenvalue weighted by Crippen LogP contribution is -1.86. The van der Waals surface area contributed by atoms with E-state index in [9.17, 15) is 19.2 Å². The van der Waals surface area contributed by atoms with Crippen molar-refractivity contribution in [3.63, 3.8) is 0 Å². The van der Waals surface area contributed by atoms with Crippen molar-refractivity contribution >= 4 is 25.1 Å². The summed E-state index contributed by atoms with van der Waals surface area (Å²) in [6.45, 7) is 0. The number of phenols is 4. The van der Waals surface area contributed by atoms with Gasteiger partial charge >= 0.3 is 0 Å². The molecule has 124 valence electrons. The van der Waals surface area contributed by atoms with Gasteiger partial charge in [-0.25, -0.2) is 0 Å². The van der Waals surface area contributed by atoms with Crippen molar-refractivity contribution in [1.29, 1.82) is 0 Å². The SMILES string of the molecule is O=Cc1ccc(C=O)c(O)c1O.O=Cc1ccc(C=O)c(O)c1O.